The van der Waals surface area contributed by atoms with Gasteiger partial charge in [-0.05, 0) is 41.0 Å². The van der Waals surface area contributed by atoms with Gasteiger partial charge >= 0.3 is 0 Å². The van der Waals surface area contributed by atoms with Crippen molar-refractivity contribution >= 4 is 11.6 Å². The smallest absolute Gasteiger partial charge is 0.269 e. The van der Waals surface area contributed by atoms with Gasteiger partial charge in [-0.15, -0.1) is 0 Å². The summed E-state index contributed by atoms with van der Waals surface area (Å²) in [5.74, 6) is -0.222. The summed E-state index contributed by atoms with van der Waals surface area (Å²) in [4.78, 5) is 31.2. The SMILES string of the molecule is O=C(NCc1ccncc1)C(NCc1ccncc1)c1ccc([N+](=O)[O-])cc1. The lowest BCUT2D eigenvalue weighted by Crippen LogP contribution is -2.37. The fourth-order valence-electron chi connectivity index (χ4n) is 2.66. The molecule has 8 heteroatoms. The van der Waals surface area contributed by atoms with Gasteiger partial charge in [-0.2, -0.15) is 0 Å². The van der Waals surface area contributed by atoms with E-state index in [-0.39, 0.29) is 11.6 Å². The van der Waals surface area contributed by atoms with E-state index in [1.165, 1.54) is 12.1 Å². The van der Waals surface area contributed by atoms with Crippen LogP contribution in [0.5, 0.6) is 0 Å². The van der Waals surface area contributed by atoms with Crippen molar-refractivity contribution in [2.24, 2.45) is 0 Å². The lowest BCUT2D eigenvalue weighted by atomic mass is 10.0. The summed E-state index contributed by atoms with van der Waals surface area (Å²) < 4.78 is 0. The zero-order chi connectivity index (χ0) is 19.8. The Balaban J connectivity index is 1.74. The number of nitro benzene ring substituents is 1. The van der Waals surface area contributed by atoms with Gasteiger partial charge in [0.1, 0.15) is 6.04 Å². The van der Waals surface area contributed by atoms with Crippen molar-refractivity contribution in [1.29, 1.82) is 0 Å². The quantitative estimate of drug-likeness (QED) is 0.461. The van der Waals surface area contributed by atoms with Crippen molar-refractivity contribution in [3.05, 3.63) is 100 Å². The molecule has 0 aliphatic heterocycles. The van der Waals surface area contributed by atoms with Crippen LogP contribution in [0.4, 0.5) is 5.69 Å². The number of nitro groups is 1. The molecular weight excluding hydrogens is 358 g/mol. The van der Waals surface area contributed by atoms with Crippen LogP contribution in [-0.4, -0.2) is 20.8 Å². The number of rotatable bonds is 8. The minimum Gasteiger partial charge on any atom is -0.350 e. The molecule has 0 aliphatic rings. The molecule has 0 saturated carbocycles. The molecule has 8 nitrogen and oxygen atoms in total. The van der Waals surface area contributed by atoms with Crippen LogP contribution in [0.15, 0.2) is 73.3 Å². The lowest BCUT2D eigenvalue weighted by Gasteiger charge is -2.19. The molecule has 0 spiro atoms. The fraction of sp³-hybridized carbons (Fsp3) is 0.150. The minimum atomic E-state index is -0.657. The van der Waals surface area contributed by atoms with Gasteiger partial charge < -0.3 is 5.32 Å². The van der Waals surface area contributed by atoms with Crippen LogP contribution in [0.3, 0.4) is 0 Å². The van der Waals surface area contributed by atoms with E-state index in [0.29, 0.717) is 18.7 Å². The molecule has 3 aromatic rings. The fourth-order valence-corrected chi connectivity index (χ4v) is 2.66. The Morgan fingerprint density at radius 2 is 1.43 bits per heavy atom. The number of hydrogen-bond acceptors (Lipinski definition) is 6. The van der Waals surface area contributed by atoms with Crippen LogP contribution in [-0.2, 0) is 17.9 Å². The molecule has 28 heavy (non-hydrogen) atoms. The first-order valence-electron chi connectivity index (χ1n) is 8.67. The van der Waals surface area contributed by atoms with Crippen molar-refractivity contribution in [2.45, 2.75) is 19.1 Å². The Morgan fingerprint density at radius 3 is 1.96 bits per heavy atom. The van der Waals surface area contributed by atoms with E-state index in [1.807, 2.05) is 24.3 Å². The molecule has 0 aliphatic carbocycles. The van der Waals surface area contributed by atoms with Gasteiger partial charge in [-0.25, -0.2) is 0 Å². The average Bonchev–Trinajstić information content (AvgIpc) is 2.74. The molecule has 2 aromatic heterocycles. The monoisotopic (exact) mass is 377 g/mol. The Labute approximate surface area is 161 Å². The van der Waals surface area contributed by atoms with E-state index in [2.05, 4.69) is 20.6 Å². The summed E-state index contributed by atoms with van der Waals surface area (Å²) in [6.07, 6.45) is 6.69. The topological polar surface area (TPSA) is 110 Å². The van der Waals surface area contributed by atoms with E-state index >= 15 is 0 Å². The Hall–Kier alpha value is -3.65. The maximum absolute atomic E-state index is 12.8. The zero-order valence-electron chi connectivity index (χ0n) is 15.0. The van der Waals surface area contributed by atoms with Crippen LogP contribution >= 0.6 is 0 Å². The van der Waals surface area contributed by atoms with Gasteiger partial charge in [-0.3, -0.25) is 30.2 Å². The Bertz CT molecular complexity index is 918. The predicted octanol–water partition coefficient (Wildman–Crippen LogP) is 2.53. The van der Waals surface area contributed by atoms with Crippen LogP contribution < -0.4 is 10.6 Å². The number of pyridine rings is 2. The van der Waals surface area contributed by atoms with Crippen LogP contribution in [0.2, 0.25) is 0 Å². The summed E-state index contributed by atoms with van der Waals surface area (Å²) in [6, 6.07) is 12.7. The van der Waals surface area contributed by atoms with E-state index in [4.69, 9.17) is 0 Å². The second-order valence-corrected chi connectivity index (χ2v) is 6.09. The second kappa shape index (κ2) is 9.33. The first kappa shape index (κ1) is 19.1. The largest absolute Gasteiger partial charge is 0.350 e. The summed E-state index contributed by atoms with van der Waals surface area (Å²) in [6.45, 7) is 0.814. The third kappa shape index (κ3) is 5.18. The minimum absolute atomic E-state index is 0.0196. The van der Waals surface area contributed by atoms with Crippen molar-refractivity contribution in [3.63, 3.8) is 0 Å². The molecule has 0 bridgehead atoms. The summed E-state index contributed by atoms with van der Waals surface area (Å²) in [5, 5.41) is 17.0. The zero-order valence-corrected chi connectivity index (χ0v) is 15.0. The Morgan fingerprint density at radius 1 is 0.893 bits per heavy atom. The van der Waals surface area contributed by atoms with E-state index in [9.17, 15) is 14.9 Å². The summed E-state index contributed by atoms with van der Waals surface area (Å²) in [7, 11) is 0. The number of amides is 1. The maximum atomic E-state index is 12.8. The van der Waals surface area contributed by atoms with Crippen LogP contribution in [0, 0.1) is 10.1 Å². The van der Waals surface area contributed by atoms with Crippen molar-refractivity contribution in [3.8, 4) is 0 Å². The van der Waals surface area contributed by atoms with Gasteiger partial charge in [0.15, 0.2) is 0 Å². The number of carbonyl (C=O) groups is 1. The Kier molecular flexibility index (Phi) is 6.37. The second-order valence-electron chi connectivity index (χ2n) is 6.09. The summed E-state index contributed by atoms with van der Waals surface area (Å²) in [5.41, 5.74) is 2.53. The third-order valence-corrected chi connectivity index (χ3v) is 4.18. The molecule has 3 rings (SSSR count). The highest BCUT2D eigenvalue weighted by molar-refractivity contribution is 5.83. The van der Waals surface area contributed by atoms with Crippen LogP contribution in [0.1, 0.15) is 22.7 Å². The van der Waals surface area contributed by atoms with Crippen molar-refractivity contribution < 1.29 is 9.72 Å². The van der Waals surface area contributed by atoms with E-state index in [0.717, 1.165) is 11.1 Å². The molecule has 1 unspecified atom stereocenters. The van der Waals surface area contributed by atoms with Gasteiger partial charge in [-0.1, -0.05) is 12.1 Å². The molecule has 2 heterocycles. The number of benzene rings is 1. The number of nitrogens with one attached hydrogen (secondary N) is 2. The van der Waals surface area contributed by atoms with Gasteiger partial charge in [0.05, 0.1) is 4.92 Å². The molecule has 1 aromatic carbocycles. The van der Waals surface area contributed by atoms with Gasteiger partial charge in [0.2, 0.25) is 5.91 Å². The molecule has 142 valence electrons. The highest BCUT2D eigenvalue weighted by Gasteiger charge is 2.21. The average molecular weight is 377 g/mol. The number of carbonyl (C=O) groups excluding carboxylic acids is 1. The third-order valence-electron chi connectivity index (χ3n) is 4.18. The van der Waals surface area contributed by atoms with Crippen molar-refractivity contribution in [1.82, 2.24) is 20.6 Å². The van der Waals surface area contributed by atoms with E-state index < -0.39 is 11.0 Å². The highest BCUT2D eigenvalue weighted by Crippen LogP contribution is 2.19. The van der Waals surface area contributed by atoms with E-state index in [1.54, 1.807) is 36.9 Å². The lowest BCUT2D eigenvalue weighted by molar-refractivity contribution is -0.384. The number of nitrogens with zero attached hydrogens (tertiary/aromatic N) is 3. The first-order chi connectivity index (χ1) is 13.6. The predicted molar refractivity (Wildman–Crippen MR) is 103 cm³/mol. The highest BCUT2D eigenvalue weighted by atomic mass is 16.6. The molecular formula is C20H19N5O3. The molecule has 0 saturated heterocycles. The first-order valence-corrected chi connectivity index (χ1v) is 8.67. The molecule has 0 radical (unpaired) electrons. The number of hydrogen-bond donors (Lipinski definition) is 2. The number of aromatic nitrogens is 2. The van der Waals surface area contributed by atoms with Gasteiger partial charge in [0.25, 0.3) is 5.69 Å². The van der Waals surface area contributed by atoms with Crippen molar-refractivity contribution in [2.75, 3.05) is 0 Å². The number of non-ortho nitro benzene ring substituents is 1. The summed E-state index contributed by atoms with van der Waals surface area (Å²) >= 11 is 0. The normalized spacial score (nSPS) is 11.6. The maximum Gasteiger partial charge on any atom is 0.269 e. The molecule has 1 amide bonds. The molecule has 1 atom stereocenters. The van der Waals surface area contributed by atoms with Crippen LogP contribution in [0.25, 0.3) is 0 Å². The molecule has 0 fully saturated rings. The van der Waals surface area contributed by atoms with Gasteiger partial charge in [0, 0.05) is 50.0 Å². The standard InChI is InChI=1S/C20H19N5O3/c26-20(24-14-16-7-11-22-12-8-16)19(23-13-15-5-9-21-10-6-15)17-1-3-18(4-2-17)25(27)28/h1-12,19,23H,13-14H2,(H,24,26). The molecule has 2 N–H and O–H groups in total.